The van der Waals surface area contributed by atoms with Crippen LogP contribution in [0.1, 0.15) is 27.3 Å². The van der Waals surface area contributed by atoms with E-state index in [0.717, 1.165) is 15.6 Å². The summed E-state index contributed by atoms with van der Waals surface area (Å²) in [6.07, 6.45) is 0. The first kappa shape index (κ1) is 20.8. The lowest BCUT2D eigenvalue weighted by Gasteiger charge is -2.12. The van der Waals surface area contributed by atoms with E-state index in [2.05, 4.69) is 10.4 Å². The van der Waals surface area contributed by atoms with E-state index in [1.165, 1.54) is 26.2 Å². The highest BCUT2D eigenvalue weighted by Crippen LogP contribution is 2.20. The number of aromatic nitrogens is 2. The largest absolute Gasteiger partial charge is 0.322 e. The number of nitrogens with zero attached hydrogens (tertiary/aromatic N) is 3. The van der Waals surface area contributed by atoms with Gasteiger partial charge in [0.1, 0.15) is 0 Å². The van der Waals surface area contributed by atoms with E-state index in [4.69, 9.17) is 0 Å². The van der Waals surface area contributed by atoms with E-state index in [-0.39, 0.29) is 10.8 Å². The zero-order chi connectivity index (χ0) is 21.2. The molecule has 0 saturated carbocycles. The number of carbonyl (C=O) groups excluding carboxylic acids is 1. The molecule has 8 heteroatoms. The van der Waals surface area contributed by atoms with Crippen molar-refractivity contribution in [3.8, 4) is 0 Å². The van der Waals surface area contributed by atoms with Crippen LogP contribution in [0.25, 0.3) is 0 Å². The molecule has 7 nitrogen and oxygen atoms in total. The summed E-state index contributed by atoms with van der Waals surface area (Å²) in [7, 11) is -0.555. The molecule has 0 bridgehead atoms. The number of sulfonamides is 1. The molecule has 0 aliphatic heterocycles. The van der Waals surface area contributed by atoms with Gasteiger partial charge >= 0.3 is 0 Å². The molecule has 0 radical (unpaired) electrons. The average molecular weight is 413 g/mol. The Morgan fingerprint density at radius 2 is 1.66 bits per heavy atom. The van der Waals surface area contributed by atoms with Crippen LogP contribution in [0.3, 0.4) is 0 Å². The summed E-state index contributed by atoms with van der Waals surface area (Å²) >= 11 is 0. The third-order valence-electron chi connectivity index (χ3n) is 4.67. The molecule has 0 saturated heterocycles. The topological polar surface area (TPSA) is 84.3 Å². The average Bonchev–Trinajstić information content (AvgIpc) is 2.96. The molecule has 0 spiro atoms. The van der Waals surface area contributed by atoms with Gasteiger partial charge in [-0.1, -0.05) is 30.3 Å². The predicted octanol–water partition coefficient (Wildman–Crippen LogP) is 3.05. The highest BCUT2D eigenvalue weighted by molar-refractivity contribution is 7.89. The van der Waals surface area contributed by atoms with Crippen molar-refractivity contribution in [3.63, 3.8) is 0 Å². The number of rotatable bonds is 6. The number of anilines is 1. The predicted molar refractivity (Wildman–Crippen MR) is 113 cm³/mol. The smallest absolute Gasteiger partial charge is 0.259 e. The lowest BCUT2D eigenvalue weighted by Crippen LogP contribution is -2.22. The van der Waals surface area contributed by atoms with Gasteiger partial charge in [-0.05, 0) is 43.7 Å². The van der Waals surface area contributed by atoms with Gasteiger partial charge in [0.25, 0.3) is 5.91 Å². The maximum absolute atomic E-state index is 12.8. The minimum Gasteiger partial charge on any atom is -0.322 e. The van der Waals surface area contributed by atoms with Crippen LogP contribution < -0.4 is 5.32 Å². The summed E-state index contributed by atoms with van der Waals surface area (Å²) in [5.41, 5.74) is 3.55. The first-order valence-corrected chi connectivity index (χ1v) is 10.6. The van der Waals surface area contributed by atoms with Crippen molar-refractivity contribution in [2.45, 2.75) is 25.3 Å². The van der Waals surface area contributed by atoms with Gasteiger partial charge in [-0.3, -0.25) is 9.48 Å². The van der Waals surface area contributed by atoms with Gasteiger partial charge in [-0.15, -0.1) is 0 Å². The Kier molecular flexibility index (Phi) is 5.86. The maximum Gasteiger partial charge on any atom is 0.259 e. The monoisotopic (exact) mass is 412 g/mol. The molecule has 0 unspecified atom stereocenters. The first-order chi connectivity index (χ1) is 13.7. The maximum atomic E-state index is 12.8. The van der Waals surface area contributed by atoms with Gasteiger partial charge in [-0.25, -0.2) is 12.7 Å². The SMILES string of the molecule is Cc1nn(Cc2ccccc2)c(C)c1C(=O)Nc1ccc(S(=O)(=O)N(C)C)cc1. The van der Waals surface area contributed by atoms with Crippen molar-refractivity contribution in [2.75, 3.05) is 19.4 Å². The highest BCUT2D eigenvalue weighted by atomic mass is 32.2. The second kappa shape index (κ2) is 8.18. The second-order valence-corrected chi connectivity index (χ2v) is 9.11. The number of hydrogen-bond acceptors (Lipinski definition) is 4. The van der Waals surface area contributed by atoms with Gasteiger partial charge < -0.3 is 5.32 Å². The zero-order valence-corrected chi connectivity index (χ0v) is 17.7. The number of benzene rings is 2. The minimum absolute atomic E-state index is 0.170. The van der Waals surface area contributed by atoms with Gasteiger partial charge in [0.15, 0.2) is 0 Å². The van der Waals surface area contributed by atoms with E-state index in [9.17, 15) is 13.2 Å². The molecular formula is C21H24N4O3S. The summed E-state index contributed by atoms with van der Waals surface area (Å²) < 4.78 is 27.3. The summed E-state index contributed by atoms with van der Waals surface area (Å²) in [5.74, 6) is -0.275. The molecular weight excluding hydrogens is 388 g/mol. The van der Waals surface area contributed by atoms with E-state index in [0.29, 0.717) is 23.5 Å². The molecule has 2 aromatic carbocycles. The summed E-state index contributed by atoms with van der Waals surface area (Å²) in [6.45, 7) is 4.25. The molecule has 0 fully saturated rings. The number of carbonyl (C=O) groups is 1. The van der Waals surface area contributed by atoms with Crippen LogP contribution in [0.5, 0.6) is 0 Å². The molecule has 152 valence electrons. The molecule has 1 aromatic heterocycles. The van der Waals surface area contributed by atoms with Crippen molar-refractivity contribution < 1.29 is 13.2 Å². The van der Waals surface area contributed by atoms with E-state index in [1.54, 1.807) is 19.1 Å². The Labute approximate surface area is 171 Å². The Bertz CT molecular complexity index is 1120. The Balaban J connectivity index is 1.79. The second-order valence-electron chi connectivity index (χ2n) is 6.95. The molecule has 0 aliphatic rings. The quantitative estimate of drug-likeness (QED) is 0.674. The van der Waals surface area contributed by atoms with Crippen LogP contribution >= 0.6 is 0 Å². The van der Waals surface area contributed by atoms with E-state index < -0.39 is 10.0 Å². The standard InChI is InChI=1S/C21H24N4O3S/c1-15-20(16(2)25(23-15)14-17-8-6-5-7-9-17)21(26)22-18-10-12-19(13-11-18)29(27,28)24(3)4/h5-13H,14H2,1-4H3,(H,22,26). The molecule has 0 aliphatic carbocycles. The minimum atomic E-state index is -3.51. The van der Waals surface area contributed by atoms with Crippen LogP contribution in [-0.2, 0) is 16.6 Å². The lowest BCUT2D eigenvalue weighted by atomic mass is 10.1. The van der Waals surface area contributed by atoms with Crippen molar-refractivity contribution >= 4 is 21.6 Å². The van der Waals surface area contributed by atoms with Gasteiger partial charge in [-0.2, -0.15) is 5.10 Å². The van der Waals surface area contributed by atoms with Crippen LogP contribution in [-0.4, -0.2) is 42.5 Å². The fourth-order valence-corrected chi connectivity index (χ4v) is 3.95. The number of aryl methyl sites for hydroxylation is 1. The fraction of sp³-hybridized carbons (Fsp3) is 0.238. The molecule has 0 atom stereocenters. The van der Waals surface area contributed by atoms with Crippen LogP contribution in [0.15, 0.2) is 59.5 Å². The summed E-state index contributed by atoms with van der Waals surface area (Å²) in [5, 5.41) is 7.33. The van der Waals surface area contributed by atoms with Crippen LogP contribution in [0.4, 0.5) is 5.69 Å². The van der Waals surface area contributed by atoms with Crippen molar-refractivity contribution in [1.82, 2.24) is 14.1 Å². The third kappa shape index (κ3) is 4.38. The zero-order valence-electron chi connectivity index (χ0n) is 16.9. The molecule has 3 rings (SSSR count). The van der Waals surface area contributed by atoms with E-state index >= 15 is 0 Å². The number of nitrogens with one attached hydrogen (secondary N) is 1. The number of amides is 1. The Morgan fingerprint density at radius 1 is 1.03 bits per heavy atom. The Morgan fingerprint density at radius 3 is 2.24 bits per heavy atom. The summed E-state index contributed by atoms with van der Waals surface area (Å²) in [6, 6.07) is 16.0. The molecule has 29 heavy (non-hydrogen) atoms. The normalized spacial score (nSPS) is 11.6. The highest BCUT2D eigenvalue weighted by Gasteiger charge is 2.20. The molecule has 1 amide bonds. The third-order valence-corrected chi connectivity index (χ3v) is 6.50. The summed E-state index contributed by atoms with van der Waals surface area (Å²) in [4.78, 5) is 13.0. The molecule has 1 N–H and O–H groups in total. The van der Waals surface area contributed by atoms with Gasteiger partial charge in [0, 0.05) is 25.5 Å². The molecule has 1 heterocycles. The lowest BCUT2D eigenvalue weighted by molar-refractivity contribution is 0.102. The van der Waals surface area contributed by atoms with Gasteiger partial charge in [0.05, 0.1) is 22.7 Å². The molecule has 3 aromatic rings. The van der Waals surface area contributed by atoms with E-state index in [1.807, 2.05) is 41.9 Å². The fourth-order valence-electron chi connectivity index (χ4n) is 3.05. The first-order valence-electron chi connectivity index (χ1n) is 9.12. The van der Waals surface area contributed by atoms with Crippen LogP contribution in [0, 0.1) is 13.8 Å². The van der Waals surface area contributed by atoms with Crippen molar-refractivity contribution in [2.24, 2.45) is 0 Å². The number of hydrogen-bond donors (Lipinski definition) is 1. The Hall–Kier alpha value is -2.97. The van der Waals surface area contributed by atoms with Crippen molar-refractivity contribution in [3.05, 3.63) is 77.1 Å². The van der Waals surface area contributed by atoms with Crippen LogP contribution in [0.2, 0.25) is 0 Å². The van der Waals surface area contributed by atoms with Gasteiger partial charge in [0.2, 0.25) is 10.0 Å². The van der Waals surface area contributed by atoms with Crippen molar-refractivity contribution in [1.29, 1.82) is 0 Å².